The molecule has 0 atom stereocenters. The van der Waals surface area contributed by atoms with E-state index >= 15 is 0 Å². The summed E-state index contributed by atoms with van der Waals surface area (Å²) in [5.41, 5.74) is 3.33. The van der Waals surface area contributed by atoms with Crippen molar-refractivity contribution in [2.24, 2.45) is 0 Å². The molecule has 0 fully saturated rings. The molecule has 4 rings (SSSR count). The number of aromatic nitrogens is 4. The Balaban J connectivity index is 1.70. The van der Waals surface area contributed by atoms with Gasteiger partial charge in [-0.15, -0.1) is 5.10 Å². The minimum absolute atomic E-state index is 0.179. The third-order valence-electron chi connectivity index (χ3n) is 4.32. The Labute approximate surface area is 161 Å². The van der Waals surface area contributed by atoms with Crippen molar-refractivity contribution in [2.75, 3.05) is 5.32 Å². The Kier molecular flexibility index (Phi) is 4.49. The fourth-order valence-corrected chi connectivity index (χ4v) is 3.10. The molecule has 0 saturated carbocycles. The van der Waals surface area contributed by atoms with Gasteiger partial charge in [0.2, 0.25) is 5.91 Å². The molecule has 1 amide bonds. The van der Waals surface area contributed by atoms with Gasteiger partial charge in [0, 0.05) is 23.0 Å². The van der Waals surface area contributed by atoms with Gasteiger partial charge in [-0.3, -0.25) is 4.79 Å². The van der Waals surface area contributed by atoms with Crippen molar-refractivity contribution < 1.29 is 4.79 Å². The number of aryl methyl sites for hydroxylation is 2. The Morgan fingerprint density at radius 3 is 2.57 bits per heavy atom. The first-order valence-corrected chi connectivity index (χ1v) is 8.90. The minimum Gasteiger partial charge on any atom is -0.324 e. The summed E-state index contributed by atoms with van der Waals surface area (Å²) in [6, 6.07) is 18.6. The number of hydrogen-bond acceptors (Lipinski definition) is 4. The Hall–Kier alpha value is -3.74. The molecule has 0 spiro atoms. The zero-order valence-electron chi connectivity index (χ0n) is 15.6. The van der Waals surface area contributed by atoms with E-state index in [1.807, 2.05) is 62.4 Å². The van der Waals surface area contributed by atoms with Crippen molar-refractivity contribution in [3.63, 3.8) is 0 Å². The lowest BCUT2D eigenvalue weighted by Gasteiger charge is -2.05. The first-order valence-electron chi connectivity index (χ1n) is 8.90. The maximum Gasteiger partial charge on any atom is 0.352 e. The average Bonchev–Trinajstić information content (AvgIpc) is 2.97. The van der Waals surface area contributed by atoms with Crippen LogP contribution in [0.4, 0.5) is 5.69 Å². The molecule has 0 unspecified atom stereocenters. The standard InChI is InChI=1S/C21H19N5O2/c1-14-7-6-10-17(11-14)23-19(27)13-25-21(28)26-18(24-25)12-15(2)22-20(26)16-8-4-3-5-9-16/h3-12H,13H2,1-2H3,(H,23,27). The monoisotopic (exact) mass is 373 g/mol. The summed E-state index contributed by atoms with van der Waals surface area (Å²) >= 11 is 0. The number of anilines is 1. The average molecular weight is 373 g/mol. The maximum absolute atomic E-state index is 12.9. The highest BCUT2D eigenvalue weighted by Gasteiger charge is 2.16. The van der Waals surface area contributed by atoms with Crippen LogP contribution in [-0.2, 0) is 11.3 Å². The largest absolute Gasteiger partial charge is 0.352 e. The summed E-state index contributed by atoms with van der Waals surface area (Å²) < 4.78 is 2.59. The second-order valence-corrected chi connectivity index (χ2v) is 6.64. The van der Waals surface area contributed by atoms with Gasteiger partial charge < -0.3 is 5.32 Å². The van der Waals surface area contributed by atoms with Crippen LogP contribution in [0.25, 0.3) is 17.0 Å². The van der Waals surface area contributed by atoms with Gasteiger partial charge in [0.25, 0.3) is 0 Å². The molecule has 28 heavy (non-hydrogen) atoms. The molecule has 0 aliphatic heterocycles. The van der Waals surface area contributed by atoms with Crippen LogP contribution in [0.2, 0.25) is 0 Å². The molecule has 0 aliphatic rings. The number of hydrogen-bond donors (Lipinski definition) is 1. The highest BCUT2D eigenvalue weighted by molar-refractivity contribution is 5.90. The lowest BCUT2D eigenvalue weighted by atomic mass is 10.2. The second-order valence-electron chi connectivity index (χ2n) is 6.64. The molecule has 1 N–H and O–H groups in total. The minimum atomic E-state index is -0.402. The molecule has 7 nitrogen and oxygen atoms in total. The normalized spacial score (nSPS) is 10.9. The molecule has 0 aliphatic carbocycles. The van der Waals surface area contributed by atoms with Gasteiger partial charge in [0.15, 0.2) is 5.65 Å². The van der Waals surface area contributed by atoms with Crippen molar-refractivity contribution in [2.45, 2.75) is 20.4 Å². The van der Waals surface area contributed by atoms with Gasteiger partial charge in [0.1, 0.15) is 12.4 Å². The van der Waals surface area contributed by atoms with Crippen LogP contribution >= 0.6 is 0 Å². The Bertz CT molecular complexity index is 1220. The predicted molar refractivity (Wildman–Crippen MR) is 107 cm³/mol. The fourth-order valence-electron chi connectivity index (χ4n) is 3.10. The van der Waals surface area contributed by atoms with Crippen molar-refractivity contribution in [3.8, 4) is 11.4 Å². The molecule has 2 heterocycles. The van der Waals surface area contributed by atoms with E-state index in [1.165, 1.54) is 4.40 Å². The fraction of sp³-hybridized carbons (Fsp3) is 0.143. The van der Waals surface area contributed by atoms with E-state index in [0.717, 1.165) is 21.5 Å². The van der Waals surface area contributed by atoms with E-state index in [1.54, 1.807) is 12.1 Å². The number of nitrogens with zero attached hydrogens (tertiary/aromatic N) is 4. The van der Waals surface area contributed by atoms with Crippen LogP contribution in [0, 0.1) is 13.8 Å². The van der Waals surface area contributed by atoms with Crippen molar-refractivity contribution in [3.05, 3.63) is 82.4 Å². The third-order valence-corrected chi connectivity index (χ3v) is 4.32. The summed E-state index contributed by atoms with van der Waals surface area (Å²) in [5.74, 6) is 0.188. The quantitative estimate of drug-likeness (QED) is 0.596. The predicted octanol–water partition coefficient (Wildman–Crippen LogP) is 2.81. The van der Waals surface area contributed by atoms with E-state index in [4.69, 9.17) is 0 Å². The zero-order chi connectivity index (χ0) is 19.7. The smallest absolute Gasteiger partial charge is 0.324 e. The van der Waals surface area contributed by atoms with Gasteiger partial charge in [-0.2, -0.15) is 0 Å². The van der Waals surface area contributed by atoms with Crippen molar-refractivity contribution >= 4 is 17.2 Å². The Morgan fingerprint density at radius 2 is 1.82 bits per heavy atom. The molecular formula is C21H19N5O2. The molecule has 0 radical (unpaired) electrons. The molecule has 7 heteroatoms. The van der Waals surface area contributed by atoms with E-state index in [0.29, 0.717) is 17.2 Å². The van der Waals surface area contributed by atoms with Crippen LogP contribution in [0.5, 0.6) is 0 Å². The lowest BCUT2D eigenvalue weighted by molar-refractivity contribution is -0.117. The van der Waals surface area contributed by atoms with Crippen molar-refractivity contribution in [1.82, 2.24) is 19.2 Å². The number of amides is 1. The first kappa shape index (κ1) is 17.7. The molecule has 140 valence electrons. The molecule has 0 saturated heterocycles. The number of carbonyl (C=O) groups excluding carboxylic acids is 1. The van der Waals surface area contributed by atoms with E-state index in [9.17, 15) is 9.59 Å². The molecule has 2 aromatic heterocycles. The summed E-state index contributed by atoms with van der Waals surface area (Å²) in [6.45, 7) is 3.62. The van der Waals surface area contributed by atoms with Gasteiger partial charge in [-0.05, 0) is 31.5 Å². The van der Waals surface area contributed by atoms with Gasteiger partial charge in [-0.1, -0.05) is 42.5 Å². The van der Waals surface area contributed by atoms with Gasteiger partial charge in [0.05, 0.1) is 0 Å². The number of rotatable bonds is 4. The number of benzene rings is 2. The molecular weight excluding hydrogens is 354 g/mol. The summed E-state index contributed by atoms with van der Waals surface area (Å²) in [7, 11) is 0. The summed E-state index contributed by atoms with van der Waals surface area (Å²) in [5, 5.41) is 7.12. The van der Waals surface area contributed by atoms with Crippen molar-refractivity contribution in [1.29, 1.82) is 0 Å². The van der Waals surface area contributed by atoms with Crippen LogP contribution in [-0.4, -0.2) is 25.1 Å². The molecule has 4 aromatic rings. The summed E-state index contributed by atoms with van der Waals surface area (Å²) in [6.07, 6.45) is 0. The highest BCUT2D eigenvalue weighted by Crippen LogP contribution is 2.17. The second kappa shape index (κ2) is 7.11. The van der Waals surface area contributed by atoms with E-state index in [2.05, 4.69) is 15.4 Å². The SMILES string of the molecule is Cc1cccc(NC(=O)Cn2nc3cc(C)nc(-c4ccccc4)n3c2=O)c1. The van der Waals surface area contributed by atoms with E-state index in [-0.39, 0.29) is 12.5 Å². The van der Waals surface area contributed by atoms with Crippen LogP contribution < -0.4 is 11.0 Å². The topological polar surface area (TPSA) is 81.3 Å². The number of carbonyl (C=O) groups is 1. The van der Waals surface area contributed by atoms with Crippen LogP contribution in [0.15, 0.2) is 65.5 Å². The number of nitrogens with one attached hydrogen (secondary N) is 1. The molecule has 0 bridgehead atoms. The third kappa shape index (κ3) is 3.42. The van der Waals surface area contributed by atoms with Crippen LogP contribution in [0.1, 0.15) is 11.3 Å². The lowest BCUT2D eigenvalue weighted by Crippen LogP contribution is -2.28. The number of fused-ring (bicyclic) bond motifs is 1. The molecule has 2 aromatic carbocycles. The zero-order valence-corrected chi connectivity index (χ0v) is 15.6. The van der Waals surface area contributed by atoms with Gasteiger partial charge >= 0.3 is 5.69 Å². The Morgan fingerprint density at radius 1 is 1.04 bits per heavy atom. The maximum atomic E-state index is 12.9. The van der Waals surface area contributed by atoms with Gasteiger partial charge in [-0.25, -0.2) is 18.9 Å². The highest BCUT2D eigenvalue weighted by atomic mass is 16.2. The first-order chi connectivity index (χ1) is 13.5. The van der Waals surface area contributed by atoms with E-state index < -0.39 is 5.69 Å². The summed E-state index contributed by atoms with van der Waals surface area (Å²) in [4.78, 5) is 29.8. The van der Waals surface area contributed by atoms with Crippen LogP contribution in [0.3, 0.4) is 0 Å².